The Morgan fingerprint density at radius 3 is 2.69 bits per heavy atom. The van der Waals surface area contributed by atoms with Gasteiger partial charge in [0, 0.05) is 16.0 Å². The van der Waals surface area contributed by atoms with Gasteiger partial charge in [0.05, 0.1) is 12.1 Å². The maximum Gasteiger partial charge on any atom is 0.0777 e. The summed E-state index contributed by atoms with van der Waals surface area (Å²) in [6.45, 7) is 5.02. The first-order valence-corrected chi connectivity index (χ1v) is 7.43. The average molecular weight is 306 g/mol. The Kier molecular flexibility index (Phi) is 6.58. The van der Waals surface area contributed by atoms with Gasteiger partial charge in [-0.25, -0.2) is 0 Å². The normalized spacial score (nSPS) is 15.0. The first-order valence-electron chi connectivity index (χ1n) is 5.76. The summed E-state index contributed by atoms with van der Waals surface area (Å²) >= 11 is 5.37. The van der Waals surface area contributed by atoms with Gasteiger partial charge in [-0.3, -0.25) is 0 Å². The van der Waals surface area contributed by atoms with Crippen molar-refractivity contribution < 1.29 is 4.74 Å². The Labute approximate surface area is 111 Å². The molecule has 92 valence electrons. The Morgan fingerprint density at radius 2 is 2.25 bits per heavy atom. The van der Waals surface area contributed by atoms with E-state index >= 15 is 0 Å². The number of likely N-dealkylation sites (N-methyl/N-ethyl adjacent to an activating group) is 1. The number of hydrogen-bond donors (Lipinski definition) is 1. The molecule has 1 aromatic rings. The van der Waals surface area contributed by atoms with Crippen molar-refractivity contribution in [3.8, 4) is 0 Å². The van der Waals surface area contributed by atoms with E-state index in [1.54, 1.807) is 11.3 Å². The largest absolute Gasteiger partial charge is 0.376 e. The molecule has 0 saturated heterocycles. The maximum atomic E-state index is 5.84. The number of thiophene rings is 1. The van der Waals surface area contributed by atoms with E-state index in [9.17, 15) is 0 Å². The van der Waals surface area contributed by atoms with Crippen LogP contribution in [-0.2, 0) is 4.74 Å². The molecule has 1 heterocycles. The minimum Gasteiger partial charge on any atom is -0.376 e. The summed E-state index contributed by atoms with van der Waals surface area (Å²) in [5.74, 6) is 0. The van der Waals surface area contributed by atoms with E-state index in [1.807, 2.05) is 7.05 Å². The van der Waals surface area contributed by atoms with Gasteiger partial charge in [0.1, 0.15) is 0 Å². The Hall–Kier alpha value is 0.100. The van der Waals surface area contributed by atoms with Crippen molar-refractivity contribution in [2.75, 3.05) is 13.7 Å². The third kappa shape index (κ3) is 3.55. The van der Waals surface area contributed by atoms with E-state index < -0.39 is 0 Å². The van der Waals surface area contributed by atoms with Crippen LogP contribution < -0.4 is 5.32 Å². The van der Waals surface area contributed by atoms with Crippen LogP contribution in [0.15, 0.2) is 15.9 Å². The van der Waals surface area contributed by atoms with Crippen molar-refractivity contribution in [1.29, 1.82) is 0 Å². The van der Waals surface area contributed by atoms with Gasteiger partial charge in [-0.1, -0.05) is 13.3 Å². The predicted molar refractivity (Wildman–Crippen MR) is 74.1 cm³/mol. The zero-order valence-electron chi connectivity index (χ0n) is 10.1. The minimum atomic E-state index is 0.259. The van der Waals surface area contributed by atoms with Crippen molar-refractivity contribution in [2.24, 2.45) is 0 Å². The summed E-state index contributed by atoms with van der Waals surface area (Å²) in [6, 6.07) is 2.38. The molecule has 0 aliphatic heterocycles. The standard InChI is InChI=1S/C12H20BrNOS/c1-4-6-10(15-5-2)11(14-3)12-9(13)7-8-16-12/h7-8,10-11,14H,4-6H2,1-3H3. The second-order valence-electron chi connectivity index (χ2n) is 3.68. The van der Waals surface area contributed by atoms with E-state index in [2.05, 4.69) is 46.5 Å². The summed E-state index contributed by atoms with van der Waals surface area (Å²) in [5.41, 5.74) is 0. The zero-order chi connectivity index (χ0) is 12.0. The lowest BCUT2D eigenvalue weighted by Gasteiger charge is -2.26. The van der Waals surface area contributed by atoms with Gasteiger partial charge < -0.3 is 10.1 Å². The lowest BCUT2D eigenvalue weighted by Crippen LogP contribution is -2.31. The minimum absolute atomic E-state index is 0.259. The molecule has 0 radical (unpaired) electrons. The Balaban J connectivity index is 2.81. The highest BCUT2D eigenvalue weighted by Gasteiger charge is 2.24. The molecule has 0 amide bonds. The van der Waals surface area contributed by atoms with E-state index in [4.69, 9.17) is 4.74 Å². The van der Waals surface area contributed by atoms with Crippen LogP contribution in [0.25, 0.3) is 0 Å². The first kappa shape index (κ1) is 14.2. The number of rotatable bonds is 7. The predicted octanol–water partition coefficient (Wildman–Crippen LogP) is 3.98. The summed E-state index contributed by atoms with van der Waals surface area (Å²) in [7, 11) is 2.00. The molecule has 1 N–H and O–H groups in total. The van der Waals surface area contributed by atoms with Crippen LogP contribution in [0.1, 0.15) is 37.6 Å². The number of hydrogen-bond acceptors (Lipinski definition) is 3. The maximum absolute atomic E-state index is 5.84. The van der Waals surface area contributed by atoms with E-state index in [-0.39, 0.29) is 12.1 Å². The molecule has 2 unspecified atom stereocenters. The topological polar surface area (TPSA) is 21.3 Å². The van der Waals surface area contributed by atoms with Crippen LogP contribution in [0.5, 0.6) is 0 Å². The molecule has 1 rings (SSSR count). The van der Waals surface area contributed by atoms with Crippen molar-refractivity contribution in [3.05, 3.63) is 20.8 Å². The highest BCUT2D eigenvalue weighted by Crippen LogP contribution is 2.33. The smallest absolute Gasteiger partial charge is 0.0777 e. The van der Waals surface area contributed by atoms with Crippen LogP contribution in [0.2, 0.25) is 0 Å². The van der Waals surface area contributed by atoms with Gasteiger partial charge in [-0.15, -0.1) is 11.3 Å². The molecule has 0 spiro atoms. The van der Waals surface area contributed by atoms with Crippen LogP contribution in [0.3, 0.4) is 0 Å². The second-order valence-corrected chi connectivity index (χ2v) is 5.48. The van der Waals surface area contributed by atoms with Crippen LogP contribution in [0.4, 0.5) is 0 Å². The molecule has 1 aromatic heterocycles. The van der Waals surface area contributed by atoms with Crippen molar-refractivity contribution in [2.45, 2.75) is 38.8 Å². The van der Waals surface area contributed by atoms with Gasteiger partial charge in [-0.05, 0) is 47.8 Å². The fraction of sp³-hybridized carbons (Fsp3) is 0.667. The molecule has 0 saturated carbocycles. The first-order chi connectivity index (χ1) is 7.74. The quantitative estimate of drug-likeness (QED) is 0.823. The number of ether oxygens (including phenoxy) is 1. The van der Waals surface area contributed by atoms with Gasteiger partial charge >= 0.3 is 0 Å². The summed E-state index contributed by atoms with van der Waals surface area (Å²) < 4.78 is 7.02. The molecule has 0 aliphatic carbocycles. The van der Waals surface area contributed by atoms with Gasteiger partial charge in [-0.2, -0.15) is 0 Å². The van der Waals surface area contributed by atoms with Crippen molar-refractivity contribution in [3.63, 3.8) is 0 Å². The molecule has 0 aromatic carbocycles. The summed E-state index contributed by atoms with van der Waals surface area (Å²) in [6.07, 6.45) is 2.49. The average Bonchev–Trinajstić information content (AvgIpc) is 2.67. The molecular weight excluding hydrogens is 286 g/mol. The van der Waals surface area contributed by atoms with Gasteiger partial charge in [0.25, 0.3) is 0 Å². The van der Waals surface area contributed by atoms with E-state index in [0.717, 1.165) is 19.4 Å². The van der Waals surface area contributed by atoms with Crippen molar-refractivity contribution in [1.82, 2.24) is 5.32 Å². The van der Waals surface area contributed by atoms with E-state index in [1.165, 1.54) is 9.35 Å². The lowest BCUT2D eigenvalue weighted by molar-refractivity contribution is 0.0303. The van der Waals surface area contributed by atoms with E-state index in [0.29, 0.717) is 0 Å². The third-order valence-electron chi connectivity index (χ3n) is 2.56. The monoisotopic (exact) mass is 305 g/mol. The SMILES string of the molecule is CCCC(OCC)C(NC)c1sccc1Br. The molecule has 2 atom stereocenters. The summed E-state index contributed by atoms with van der Waals surface area (Å²) in [4.78, 5) is 1.33. The highest BCUT2D eigenvalue weighted by molar-refractivity contribution is 9.10. The molecule has 16 heavy (non-hydrogen) atoms. The van der Waals surface area contributed by atoms with Crippen LogP contribution in [0, 0.1) is 0 Å². The molecule has 2 nitrogen and oxygen atoms in total. The highest BCUT2D eigenvalue weighted by atomic mass is 79.9. The summed E-state index contributed by atoms with van der Waals surface area (Å²) in [5, 5.41) is 5.48. The fourth-order valence-corrected chi connectivity index (χ4v) is 3.64. The number of nitrogens with one attached hydrogen (secondary N) is 1. The van der Waals surface area contributed by atoms with Crippen LogP contribution in [-0.4, -0.2) is 19.8 Å². The Bertz CT molecular complexity index is 297. The number of halogens is 1. The second kappa shape index (κ2) is 7.43. The van der Waals surface area contributed by atoms with Crippen LogP contribution >= 0.6 is 27.3 Å². The lowest BCUT2D eigenvalue weighted by atomic mass is 10.0. The molecular formula is C12H20BrNOS. The van der Waals surface area contributed by atoms with Gasteiger partial charge in [0.15, 0.2) is 0 Å². The van der Waals surface area contributed by atoms with Crippen molar-refractivity contribution >= 4 is 27.3 Å². The molecule has 4 heteroatoms. The zero-order valence-corrected chi connectivity index (χ0v) is 12.5. The Morgan fingerprint density at radius 1 is 1.50 bits per heavy atom. The third-order valence-corrected chi connectivity index (χ3v) is 4.52. The van der Waals surface area contributed by atoms with Gasteiger partial charge in [0.2, 0.25) is 0 Å². The molecule has 0 fully saturated rings. The molecule has 0 aliphatic rings. The molecule has 0 bridgehead atoms. The fourth-order valence-electron chi connectivity index (χ4n) is 1.86.